The van der Waals surface area contributed by atoms with E-state index in [4.69, 9.17) is 9.84 Å². The van der Waals surface area contributed by atoms with Crippen LogP contribution in [0.5, 0.6) is 0 Å². The molecule has 0 aliphatic carbocycles. The van der Waals surface area contributed by atoms with Crippen molar-refractivity contribution in [2.75, 3.05) is 38.3 Å². The van der Waals surface area contributed by atoms with Gasteiger partial charge in [0.25, 0.3) is 0 Å². The van der Waals surface area contributed by atoms with Crippen LogP contribution >= 0.6 is 0 Å². The molecule has 0 saturated carbocycles. The van der Waals surface area contributed by atoms with E-state index in [0.29, 0.717) is 31.0 Å². The van der Waals surface area contributed by atoms with E-state index in [9.17, 15) is 9.90 Å². The highest BCUT2D eigenvalue weighted by Gasteiger charge is 2.17. The van der Waals surface area contributed by atoms with Gasteiger partial charge in [-0.1, -0.05) is 12.1 Å². The lowest BCUT2D eigenvalue weighted by molar-refractivity contribution is 0.0684. The summed E-state index contributed by atoms with van der Waals surface area (Å²) in [7, 11) is 1.58. The summed E-state index contributed by atoms with van der Waals surface area (Å²) in [6.07, 6.45) is 0. The smallest absolute Gasteiger partial charge is 0.374 e. The fraction of sp³-hybridized carbons (Fsp3) is 0.357. The number of nitrogens with zero attached hydrogens (tertiary/aromatic N) is 3. The molecule has 0 radical (unpaired) electrons. The van der Waals surface area contributed by atoms with E-state index in [2.05, 4.69) is 9.97 Å². The topological polar surface area (TPSA) is 95.8 Å². The van der Waals surface area contributed by atoms with Crippen molar-refractivity contribution in [3.63, 3.8) is 0 Å². The summed E-state index contributed by atoms with van der Waals surface area (Å²) in [5, 5.41) is 19.1. The van der Waals surface area contributed by atoms with Crippen LogP contribution < -0.4 is 4.90 Å². The van der Waals surface area contributed by atoms with Gasteiger partial charge in [0.2, 0.25) is 5.82 Å². The number of aromatic nitrogens is 2. The molecule has 7 heteroatoms. The molecule has 0 saturated heterocycles. The van der Waals surface area contributed by atoms with Crippen LogP contribution in [0.4, 0.5) is 5.82 Å². The van der Waals surface area contributed by atoms with Gasteiger partial charge < -0.3 is 19.8 Å². The maximum Gasteiger partial charge on any atom is 0.374 e. The van der Waals surface area contributed by atoms with E-state index >= 15 is 0 Å². The number of carboxylic acid groups (broad SMARTS) is 1. The van der Waals surface area contributed by atoms with Crippen molar-refractivity contribution < 1.29 is 19.7 Å². The summed E-state index contributed by atoms with van der Waals surface area (Å²) in [4.78, 5) is 21.1. The molecule has 0 unspecified atom stereocenters. The van der Waals surface area contributed by atoms with Gasteiger partial charge >= 0.3 is 5.97 Å². The Morgan fingerprint density at radius 1 is 1.29 bits per heavy atom. The van der Waals surface area contributed by atoms with Crippen molar-refractivity contribution in [1.29, 1.82) is 0 Å². The SMILES string of the molecule is COCCN(CCO)c1nc(C(=O)O)nc2ccccc12. The second kappa shape index (κ2) is 6.96. The van der Waals surface area contributed by atoms with Crippen molar-refractivity contribution in [1.82, 2.24) is 9.97 Å². The number of aliphatic hydroxyl groups excluding tert-OH is 1. The summed E-state index contributed by atoms with van der Waals surface area (Å²) in [6.45, 7) is 1.21. The average molecular weight is 291 g/mol. The molecule has 0 aliphatic rings. The standard InChI is InChI=1S/C14H17N3O4/c1-21-9-7-17(6-8-18)13-10-4-2-3-5-11(10)15-12(16-13)14(19)20/h2-5,18H,6-9H2,1H3,(H,19,20). The van der Waals surface area contributed by atoms with E-state index in [-0.39, 0.29) is 12.4 Å². The van der Waals surface area contributed by atoms with Gasteiger partial charge in [-0.15, -0.1) is 0 Å². The largest absolute Gasteiger partial charge is 0.475 e. The normalized spacial score (nSPS) is 10.8. The molecule has 7 nitrogen and oxygen atoms in total. The lowest BCUT2D eigenvalue weighted by atomic mass is 10.2. The van der Waals surface area contributed by atoms with Gasteiger partial charge in [-0.25, -0.2) is 14.8 Å². The molecule has 1 aromatic heterocycles. The van der Waals surface area contributed by atoms with Crippen LogP contribution in [0.2, 0.25) is 0 Å². The molecule has 0 amide bonds. The molecule has 112 valence electrons. The zero-order chi connectivity index (χ0) is 15.2. The van der Waals surface area contributed by atoms with Crippen LogP contribution in [-0.2, 0) is 4.74 Å². The highest BCUT2D eigenvalue weighted by atomic mass is 16.5. The molecule has 21 heavy (non-hydrogen) atoms. The Bertz CT molecular complexity index is 633. The second-order valence-corrected chi connectivity index (χ2v) is 4.40. The van der Waals surface area contributed by atoms with Crippen molar-refractivity contribution in [2.45, 2.75) is 0 Å². The number of methoxy groups -OCH3 is 1. The number of para-hydroxylation sites is 1. The number of benzene rings is 1. The number of carboxylic acids is 1. The monoisotopic (exact) mass is 291 g/mol. The molecule has 2 rings (SSSR count). The number of aromatic carboxylic acids is 1. The molecule has 0 atom stereocenters. The lowest BCUT2D eigenvalue weighted by Gasteiger charge is -2.23. The average Bonchev–Trinajstić information content (AvgIpc) is 2.50. The number of rotatable bonds is 7. The zero-order valence-electron chi connectivity index (χ0n) is 11.7. The number of ether oxygens (including phenoxy) is 1. The van der Waals surface area contributed by atoms with E-state index in [1.54, 1.807) is 24.1 Å². The van der Waals surface area contributed by atoms with Crippen LogP contribution in [0.1, 0.15) is 10.6 Å². The molecule has 2 aromatic rings. The van der Waals surface area contributed by atoms with Crippen LogP contribution in [0, 0.1) is 0 Å². The van der Waals surface area contributed by atoms with E-state index < -0.39 is 5.97 Å². The van der Waals surface area contributed by atoms with Crippen LogP contribution in [-0.4, -0.2) is 59.6 Å². The fourth-order valence-corrected chi connectivity index (χ4v) is 2.04. The van der Waals surface area contributed by atoms with Crippen LogP contribution in [0.15, 0.2) is 24.3 Å². The van der Waals surface area contributed by atoms with E-state index in [0.717, 1.165) is 5.39 Å². The number of hydrogen-bond acceptors (Lipinski definition) is 6. The minimum absolute atomic E-state index is 0.0650. The Kier molecular flexibility index (Phi) is 5.02. The first-order valence-electron chi connectivity index (χ1n) is 6.52. The fourth-order valence-electron chi connectivity index (χ4n) is 2.04. The van der Waals surface area contributed by atoms with Crippen molar-refractivity contribution in [3.8, 4) is 0 Å². The third kappa shape index (κ3) is 3.45. The maximum absolute atomic E-state index is 11.2. The van der Waals surface area contributed by atoms with Crippen molar-refractivity contribution >= 4 is 22.7 Å². The van der Waals surface area contributed by atoms with E-state index in [1.165, 1.54) is 0 Å². The van der Waals surface area contributed by atoms with Gasteiger partial charge in [0.1, 0.15) is 5.82 Å². The van der Waals surface area contributed by atoms with Gasteiger partial charge in [0, 0.05) is 25.6 Å². The minimum Gasteiger partial charge on any atom is -0.475 e. The summed E-state index contributed by atoms with van der Waals surface area (Å²) in [5.41, 5.74) is 0.556. The van der Waals surface area contributed by atoms with Crippen molar-refractivity contribution in [2.24, 2.45) is 0 Å². The molecule has 1 heterocycles. The Balaban J connectivity index is 2.54. The summed E-state index contributed by atoms with van der Waals surface area (Å²) in [5.74, 6) is -0.953. The second-order valence-electron chi connectivity index (χ2n) is 4.40. The lowest BCUT2D eigenvalue weighted by Crippen LogP contribution is -2.31. The first-order valence-corrected chi connectivity index (χ1v) is 6.52. The first-order chi connectivity index (χ1) is 10.2. The Labute approximate surface area is 121 Å². The van der Waals surface area contributed by atoms with Gasteiger partial charge in [-0.3, -0.25) is 0 Å². The third-order valence-corrected chi connectivity index (χ3v) is 3.01. The van der Waals surface area contributed by atoms with Gasteiger partial charge in [0.05, 0.1) is 18.7 Å². The predicted octanol–water partition coefficient (Wildman–Crippen LogP) is 0.773. The summed E-state index contributed by atoms with van der Waals surface area (Å²) in [6, 6.07) is 7.19. The number of anilines is 1. The summed E-state index contributed by atoms with van der Waals surface area (Å²) >= 11 is 0. The Morgan fingerprint density at radius 3 is 2.71 bits per heavy atom. The third-order valence-electron chi connectivity index (χ3n) is 3.01. The first kappa shape index (κ1) is 15.1. The molecule has 0 aliphatic heterocycles. The number of hydrogen-bond donors (Lipinski definition) is 2. The van der Waals surface area contributed by atoms with Gasteiger partial charge in [0.15, 0.2) is 0 Å². The highest BCUT2D eigenvalue weighted by molar-refractivity contribution is 5.93. The number of aliphatic hydroxyl groups is 1. The van der Waals surface area contributed by atoms with Crippen LogP contribution in [0.25, 0.3) is 10.9 Å². The molecule has 0 fully saturated rings. The Morgan fingerprint density at radius 2 is 2.05 bits per heavy atom. The van der Waals surface area contributed by atoms with Gasteiger partial charge in [-0.2, -0.15) is 0 Å². The maximum atomic E-state index is 11.2. The zero-order valence-corrected chi connectivity index (χ0v) is 11.7. The number of fused-ring (bicyclic) bond motifs is 1. The molecule has 0 bridgehead atoms. The Hall–Kier alpha value is -2.25. The molecule has 1 aromatic carbocycles. The van der Waals surface area contributed by atoms with Gasteiger partial charge in [-0.05, 0) is 12.1 Å². The molecular formula is C14H17N3O4. The summed E-state index contributed by atoms with van der Waals surface area (Å²) < 4.78 is 5.05. The molecule has 0 spiro atoms. The van der Waals surface area contributed by atoms with Crippen LogP contribution in [0.3, 0.4) is 0 Å². The quantitative estimate of drug-likeness (QED) is 0.778. The molecular weight excluding hydrogens is 274 g/mol. The highest BCUT2D eigenvalue weighted by Crippen LogP contribution is 2.23. The predicted molar refractivity (Wildman–Crippen MR) is 77.7 cm³/mol. The van der Waals surface area contributed by atoms with Crippen molar-refractivity contribution in [3.05, 3.63) is 30.1 Å². The number of carbonyl (C=O) groups is 1. The molecule has 2 N–H and O–H groups in total. The minimum atomic E-state index is -1.18. The van der Waals surface area contributed by atoms with E-state index in [1.807, 2.05) is 12.1 Å².